The molecule has 2 aromatic carbocycles. The lowest BCUT2D eigenvalue weighted by atomic mass is 10.1. The van der Waals surface area contributed by atoms with Crippen LogP contribution in [0.5, 0.6) is 0 Å². The predicted octanol–water partition coefficient (Wildman–Crippen LogP) is 3.18. The largest absolute Gasteiger partial charge is 0.478 e. The Hall–Kier alpha value is -2.80. The minimum Gasteiger partial charge on any atom is -0.478 e. The zero-order valence-electron chi connectivity index (χ0n) is 11.1. The lowest BCUT2D eigenvalue weighted by molar-refractivity contribution is 0.0697. The smallest absolute Gasteiger partial charge is 0.335 e. The van der Waals surface area contributed by atoms with Crippen LogP contribution in [0.3, 0.4) is 0 Å². The molecule has 0 unspecified atom stereocenters. The molecular weight excluding hydrogens is 252 g/mol. The highest BCUT2D eigenvalue weighted by molar-refractivity contribution is 5.88. The van der Waals surface area contributed by atoms with Gasteiger partial charge in [-0.15, -0.1) is 0 Å². The van der Waals surface area contributed by atoms with E-state index in [0.717, 1.165) is 16.8 Å². The van der Waals surface area contributed by atoms with Crippen molar-refractivity contribution in [2.75, 3.05) is 5.32 Å². The Morgan fingerprint density at radius 3 is 2.75 bits per heavy atom. The maximum Gasteiger partial charge on any atom is 0.335 e. The van der Waals surface area contributed by atoms with Crippen LogP contribution < -0.4 is 5.32 Å². The van der Waals surface area contributed by atoms with Crippen molar-refractivity contribution < 1.29 is 9.90 Å². The summed E-state index contributed by atoms with van der Waals surface area (Å²) in [6.07, 6.45) is 0. The summed E-state index contributed by atoms with van der Waals surface area (Å²) < 4.78 is 0. The van der Waals surface area contributed by atoms with Crippen LogP contribution >= 0.6 is 0 Å². The number of rotatable bonds is 4. The molecule has 0 aliphatic rings. The number of carboxylic acids is 1. The van der Waals surface area contributed by atoms with Crippen molar-refractivity contribution in [2.45, 2.75) is 13.5 Å². The number of hydrogen-bond donors (Lipinski definition) is 2. The van der Waals surface area contributed by atoms with Gasteiger partial charge in [0.25, 0.3) is 0 Å². The van der Waals surface area contributed by atoms with Gasteiger partial charge in [-0.05, 0) is 48.4 Å². The van der Waals surface area contributed by atoms with E-state index >= 15 is 0 Å². The summed E-state index contributed by atoms with van der Waals surface area (Å²) in [6.45, 7) is 2.45. The van der Waals surface area contributed by atoms with E-state index in [1.165, 1.54) is 0 Å². The Balaban J connectivity index is 2.11. The summed E-state index contributed by atoms with van der Waals surface area (Å²) in [6, 6.07) is 14.4. The van der Waals surface area contributed by atoms with E-state index in [4.69, 9.17) is 10.4 Å². The van der Waals surface area contributed by atoms with Crippen molar-refractivity contribution in [3.63, 3.8) is 0 Å². The van der Waals surface area contributed by atoms with Crippen molar-refractivity contribution >= 4 is 11.7 Å². The van der Waals surface area contributed by atoms with Gasteiger partial charge in [0.05, 0.1) is 17.2 Å². The number of carboxylic acid groups (broad SMARTS) is 1. The quantitative estimate of drug-likeness (QED) is 0.891. The molecule has 0 saturated carbocycles. The summed E-state index contributed by atoms with van der Waals surface area (Å²) >= 11 is 0. The Morgan fingerprint density at radius 1 is 1.30 bits per heavy atom. The van der Waals surface area contributed by atoms with E-state index in [2.05, 4.69) is 11.4 Å². The van der Waals surface area contributed by atoms with Gasteiger partial charge < -0.3 is 10.4 Å². The maximum absolute atomic E-state index is 10.9. The Kier molecular flexibility index (Phi) is 4.02. The number of nitriles is 1. The van der Waals surface area contributed by atoms with Gasteiger partial charge in [0.2, 0.25) is 0 Å². The summed E-state index contributed by atoms with van der Waals surface area (Å²) in [4.78, 5) is 10.9. The molecule has 0 aliphatic heterocycles. The van der Waals surface area contributed by atoms with Gasteiger partial charge in [-0.3, -0.25) is 0 Å². The van der Waals surface area contributed by atoms with Crippen molar-refractivity contribution in [3.05, 3.63) is 64.7 Å². The first-order valence-electron chi connectivity index (χ1n) is 6.17. The molecule has 4 nitrogen and oxygen atoms in total. The number of aryl methyl sites for hydroxylation is 1. The summed E-state index contributed by atoms with van der Waals surface area (Å²) in [5.74, 6) is -0.929. The monoisotopic (exact) mass is 266 g/mol. The highest BCUT2D eigenvalue weighted by Gasteiger charge is 2.05. The number of carbonyl (C=O) groups is 1. The number of nitrogens with zero attached hydrogens (tertiary/aromatic N) is 1. The van der Waals surface area contributed by atoms with Crippen LogP contribution in [0.2, 0.25) is 0 Å². The van der Waals surface area contributed by atoms with Gasteiger partial charge in [0.1, 0.15) is 0 Å². The van der Waals surface area contributed by atoms with Crippen molar-refractivity contribution in [2.24, 2.45) is 0 Å². The molecule has 0 aromatic heterocycles. The number of anilines is 1. The summed E-state index contributed by atoms with van der Waals surface area (Å²) in [5, 5.41) is 21.0. The fraction of sp³-hybridized carbons (Fsp3) is 0.125. The van der Waals surface area contributed by atoms with Crippen LogP contribution in [-0.2, 0) is 6.54 Å². The van der Waals surface area contributed by atoms with Gasteiger partial charge in [-0.2, -0.15) is 5.26 Å². The van der Waals surface area contributed by atoms with Gasteiger partial charge in [0.15, 0.2) is 0 Å². The molecule has 0 amide bonds. The minimum atomic E-state index is -0.929. The molecule has 100 valence electrons. The number of hydrogen-bond acceptors (Lipinski definition) is 3. The third-order valence-corrected chi connectivity index (χ3v) is 3.01. The first-order valence-corrected chi connectivity index (χ1v) is 6.17. The molecule has 2 aromatic rings. The first-order chi connectivity index (χ1) is 9.60. The fourth-order valence-electron chi connectivity index (χ4n) is 1.94. The fourth-order valence-corrected chi connectivity index (χ4v) is 1.94. The van der Waals surface area contributed by atoms with Crippen LogP contribution in [0.1, 0.15) is 27.0 Å². The van der Waals surface area contributed by atoms with E-state index in [1.54, 1.807) is 24.3 Å². The zero-order valence-corrected chi connectivity index (χ0v) is 11.1. The molecule has 2 rings (SSSR count). The van der Waals surface area contributed by atoms with Crippen LogP contribution in [0, 0.1) is 18.3 Å². The molecule has 20 heavy (non-hydrogen) atoms. The van der Waals surface area contributed by atoms with Gasteiger partial charge in [-0.25, -0.2) is 4.79 Å². The molecule has 0 radical (unpaired) electrons. The Morgan fingerprint density at radius 2 is 2.10 bits per heavy atom. The van der Waals surface area contributed by atoms with Crippen LogP contribution in [0.15, 0.2) is 42.5 Å². The Bertz CT molecular complexity index is 687. The lowest BCUT2D eigenvalue weighted by Gasteiger charge is -2.10. The Labute approximate surface area is 117 Å². The van der Waals surface area contributed by atoms with Gasteiger partial charge >= 0.3 is 5.97 Å². The minimum absolute atomic E-state index is 0.277. The number of aromatic carboxylic acids is 1. The van der Waals surface area contributed by atoms with E-state index in [-0.39, 0.29) is 5.56 Å². The molecule has 0 spiro atoms. The number of nitrogens with one attached hydrogen (secondary N) is 1. The first kappa shape index (κ1) is 13.6. The molecule has 0 bridgehead atoms. The van der Waals surface area contributed by atoms with E-state index < -0.39 is 5.97 Å². The average Bonchev–Trinajstić information content (AvgIpc) is 2.46. The van der Waals surface area contributed by atoms with Crippen LogP contribution in [0.4, 0.5) is 5.69 Å². The molecule has 0 aliphatic carbocycles. The molecule has 0 fully saturated rings. The topological polar surface area (TPSA) is 73.1 Å². The van der Waals surface area contributed by atoms with Gasteiger partial charge in [-0.1, -0.05) is 12.1 Å². The van der Waals surface area contributed by atoms with Crippen molar-refractivity contribution in [1.29, 1.82) is 5.26 Å². The highest BCUT2D eigenvalue weighted by atomic mass is 16.4. The molecule has 2 N–H and O–H groups in total. The lowest BCUT2D eigenvalue weighted by Crippen LogP contribution is -2.03. The second-order valence-electron chi connectivity index (χ2n) is 4.50. The SMILES string of the molecule is Cc1cc(C(=O)O)ccc1NCc1cccc(C#N)c1. The average molecular weight is 266 g/mol. The van der Waals surface area contributed by atoms with Gasteiger partial charge in [0, 0.05) is 12.2 Å². The molecule has 0 saturated heterocycles. The van der Waals surface area contributed by atoms with E-state index in [0.29, 0.717) is 12.1 Å². The molecular formula is C16H14N2O2. The zero-order chi connectivity index (χ0) is 14.5. The molecule has 0 atom stereocenters. The van der Waals surface area contributed by atoms with E-state index in [1.807, 2.05) is 25.1 Å². The second kappa shape index (κ2) is 5.89. The predicted molar refractivity (Wildman–Crippen MR) is 76.6 cm³/mol. The maximum atomic E-state index is 10.9. The van der Waals surface area contributed by atoms with Crippen molar-refractivity contribution in [3.8, 4) is 6.07 Å². The van der Waals surface area contributed by atoms with Crippen LogP contribution in [0.25, 0.3) is 0 Å². The highest BCUT2D eigenvalue weighted by Crippen LogP contribution is 2.18. The molecule has 4 heteroatoms. The van der Waals surface area contributed by atoms with Crippen LogP contribution in [-0.4, -0.2) is 11.1 Å². The third-order valence-electron chi connectivity index (χ3n) is 3.01. The molecule has 0 heterocycles. The van der Waals surface area contributed by atoms with E-state index in [9.17, 15) is 4.79 Å². The standard InChI is InChI=1S/C16H14N2O2/c1-11-7-14(16(19)20)5-6-15(11)18-10-13-4-2-3-12(8-13)9-17/h2-8,18H,10H2,1H3,(H,19,20). The second-order valence-corrected chi connectivity index (χ2v) is 4.50. The third kappa shape index (κ3) is 3.15. The summed E-state index contributed by atoms with van der Waals surface area (Å²) in [5.41, 5.74) is 3.67. The summed E-state index contributed by atoms with van der Waals surface area (Å²) in [7, 11) is 0. The number of benzene rings is 2. The normalized spacial score (nSPS) is 9.80. The van der Waals surface area contributed by atoms with Crippen molar-refractivity contribution in [1.82, 2.24) is 0 Å².